The summed E-state index contributed by atoms with van der Waals surface area (Å²) in [7, 11) is 0. The number of halogens is 1. The number of carboxylic acid groups (broad SMARTS) is 1. The van der Waals surface area contributed by atoms with Crippen LogP contribution in [0.1, 0.15) is 33.8 Å². The predicted molar refractivity (Wildman–Crippen MR) is 57.4 cm³/mol. The lowest BCUT2D eigenvalue weighted by molar-refractivity contribution is -0.116. The lowest BCUT2D eigenvalue weighted by atomic mass is 10.0. The van der Waals surface area contributed by atoms with Crippen LogP contribution in [0.15, 0.2) is 18.2 Å². The number of carbonyl (C=O) groups is 2. The Bertz CT molecular complexity index is 412. The zero-order valence-electron chi connectivity index (χ0n) is 8.45. The van der Waals surface area contributed by atoms with Crippen molar-refractivity contribution in [2.45, 2.75) is 19.2 Å². The standard InChI is InChI=1S/C11H11ClO3/c1-6-3-4-8(10(12)7(2)13)5-9(6)11(14)15/h3-5,10H,1-2H3,(H,14,15). The minimum Gasteiger partial charge on any atom is -0.478 e. The van der Waals surface area contributed by atoms with Gasteiger partial charge in [-0.15, -0.1) is 11.6 Å². The second-order valence-electron chi connectivity index (χ2n) is 3.35. The summed E-state index contributed by atoms with van der Waals surface area (Å²) in [5.74, 6) is -1.21. The van der Waals surface area contributed by atoms with Crippen LogP contribution in [-0.2, 0) is 4.79 Å². The summed E-state index contributed by atoms with van der Waals surface area (Å²) in [5, 5.41) is 8.11. The van der Waals surface area contributed by atoms with Gasteiger partial charge in [0.05, 0.1) is 5.56 Å². The van der Waals surface area contributed by atoms with Crippen molar-refractivity contribution in [3.05, 3.63) is 34.9 Å². The topological polar surface area (TPSA) is 54.4 Å². The Balaban J connectivity index is 3.18. The van der Waals surface area contributed by atoms with Crippen molar-refractivity contribution in [2.24, 2.45) is 0 Å². The van der Waals surface area contributed by atoms with Crippen LogP contribution >= 0.6 is 11.6 Å². The van der Waals surface area contributed by atoms with Crippen molar-refractivity contribution in [2.75, 3.05) is 0 Å². The SMILES string of the molecule is CC(=O)C(Cl)c1ccc(C)c(C(=O)O)c1. The monoisotopic (exact) mass is 226 g/mol. The summed E-state index contributed by atoms with van der Waals surface area (Å²) in [4.78, 5) is 21.9. The van der Waals surface area contributed by atoms with E-state index in [0.29, 0.717) is 11.1 Å². The largest absolute Gasteiger partial charge is 0.478 e. The molecule has 0 spiro atoms. The quantitative estimate of drug-likeness (QED) is 0.806. The Morgan fingerprint density at radius 2 is 2.00 bits per heavy atom. The van der Waals surface area contributed by atoms with E-state index in [1.54, 1.807) is 19.1 Å². The highest BCUT2D eigenvalue weighted by atomic mass is 35.5. The van der Waals surface area contributed by atoms with Crippen molar-refractivity contribution >= 4 is 23.4 Å². The molecule has 0 aliphatic heterocycles. The van der Waals surface area contributed by atoms with Crippen molar-refractivity contribution in [1.82, 2.24) is 0 Å². The predicted octanol–water partition coefficient (Wildman–Crippen LogP) is 2.56. The van der Waals surface area contributed by atoms with Crippen LogP contribution in [0.4, 0.5) is 0 Å². The number of ketones is 1. The van der Waals surface area contributed by atoms with E-state index in [2.05, 4.69) is 0 Å². The van der Waals surface area contributed by atoms with Gasteiger partial charge in [-0.3, -0.25) is 4.79 Å². The summed E-state index contributed by atoms with van der Waals surface area (Å²) >= 11 is 5.83. The first-order valence-corrected chi connectivity index (χ1v) is 4.85. The maximum atomic E-state index is 11.0. The molecule has 3 nitrogen and oxygen atoms in total. The van der Waals surface area contributed by atoms with E-state index in [9.17, 15) is 9.59 Å². The third-order valence-electron chi connectivity index (χ3n) is 2.14. The Hall–Kier alpha value is -1.35. The van der Waals surface area contributed by atoms with Crippen LogP contribution in [0.25, 0.3) is 0 Å². The van der Waals surface area contributed by atoms with E-state index in [4.69, 9.17) is 16.7 Å². The average Bonchev–Trinajstić information content (AvgIpc) is 2.16. The molecule has 1 rings (SSSR count). The molecule has 4 heteroatoms. The second-order valence-corrected chi connectivity index (χ2v) is 3.79. The normalized spacial score (nSPS) is 12.2. The van der Waals surface area contributed by atoms with Crippen molar-refractivity contribution in [3.63, 3.8) is 0 Å². The van der Waals surface area contributed by atoms with Gasteiger partial charge in [0.15, 0.2) is 5.78 Å². The van der Waals surface area contributed by atoms with Crippen LogP contribution < -0.4 is 0 Å². The summed E-state index contributed by atoms with van der Waals surface area (Å²) in [6.07, 6.45) is 0. The molecule has 0 aliphatic rings. The number of carboxylic acids is 1. The van der Waals surface area contributed by atoms with Gasteiger partial charge in [0.25, 0.3) is 0 Å². The smallest absolute Gasteiger partial charge is 0.335 e. The van der Waals surface area contributed by atoms with E-state index in [0.717, 1.165) is 0 Å². The van der Waals surface area contributed by atoms with Crippen LogP contribution in [0.2, 0.25) is 0 Å². The molecule has 80 valence electrons. The maximum Gasteiger partial charge on any atom is 0.335 e. The highest BCUT2D eigenvalue weighted by Gasteiger charge is 2.16. The molecule has 0 saturated carbocycles. The van der Waals surface area contributed by atoms with Gasteiger partial charge in [-0.05, 0) is 31.0 Å². The molecule has 1 unspecified atom stereocenters. The average molecular weight is 227 g/mol. The highest BCUT2D eigenvalue weighted by molar-refractivity contribution is 6.30. The number of aromatic carboxylic acids is 1. The van der Waals surface area contributed by atoms with E-state index in [1.165, 1.54) is 13.0 Å². The number of benzene rings is 1. The molecular formula is C11H11ClO3. The number of carbonyl (C=O) groups excluding carboxylic acids is 1. The number of hydrogen-bond acceptors (Lipinski definition) is 2. The zero-order valence-corrected chi connectivity index (χ0v) is 9.21. The van der Waals surface area contributed by atoms with E-state index < -0.39 is 11.3 Å². The summed E-state index contributed by atoms with van der Waals surface area (Å²) < 4.78 is 0. The molecular weight excluding hydrogens is 216 g/mol. The molecule has 1 aromatic carbocycles. The Morgan fingerprint density at radius 3 is 2.47 bits per heavy atom. The fourth-order valence-electron chi connectivity index (χ4n) is 1.26. The molecule has 0 bridgehead atoms. The summed E-state index contributed by atoms with van der Waals surface area (Å²) in [5.41, 5.74) is 1.35. The molecule has 0 aliphatic carbocycles. The van der Waals surface area contributed by atoms with Gasteiger partial charge in [-0.2, -0.15) is 0 Å². The van der Waals surface area contributed by atoms with Crippen LogP contribution in [0, 0.1) is 6.92 Å². The van der Waals surface area contributed by atoms with Crippen LogP contribution in [0.5, 0.6) is 0 Å². The molecule has 0 aromatic heterocycles. The Labute approximate surface area is 92.7 Å². The van der Waals surface area contributed by atoms with Gasteiger partial charge in [0, 0.05) is 0 Å². The van der Waals surface area contributed by atoms with Crippen LogP contribution in [0.3, 0.4) is 0 Å². The first-order valence-electron chi connectivity index (χ1n) is 4.42. The third kappa shape index (κ3) is 2.57. The van der Waals surface area contributed by atoms with Gasteiger partial charge in [-0.1, -0.05) is 12.1 Å². The lowest BCUT2D eigenvalue weighted by Gasteiger charge is -2.08. The molecule has 1 atom stereocenters. The molecule has 0 heterocycles. The summed E-state index contributed by atoms with van der Waals surface area (Å²) in [6.45, 7) is 3.07. The van der Waals surface area contributed by atoms with Gasteiger partial charge in [0.2, 0.25) is 0 Å². The first-order chi connectivity index (χ1) is 6.93. The van der Waals surface area contributed by atoms with Crippen molar-refractivity contribution < 1.29 is 14.7 Å². The molecule has 1 aromatic rings. The highest BCUT2D eigenvalue weighted by Crippen LogP contribution is 2.23. The van der Waals surface area contributed by atoms with Crippen LogP contribution in [-0.4, -0.2) is 16.9 Å². The van der Waals surface area contributed by atoms with Gasteiger partial charge in [-0.25, -0.2) is 4.79 Å². The number of rotatable bonds is 3. The first kappa shape index (κ1) is 11.7. The molecule has 0 amide bonds. The molecule has 0 radical (unpaired) electrons. The van der Waals surface area contributed by atoms with Crippen molar-refractivity contribution in [3.8, 4) is 0 Å². The Morgan fingerprint density at radius 1 is 1.40 bits per heavy atom. The third-order valence-corrected chi connectivity index (χ3v) is 2.70. The minimum absolute atomic E-state index is 0.180. The zero-order chi connectivity index (χ0) is 11.6. The maximum absolute atomic E-state index is 11.0. The lowest BCUT2D eigenvalue weighted by Crippen LogP contribution is -2.05. The van der Waals surface area contributed by atoms with E-state index in [1.807, 2.05) is 0 Å². The van der Waals surface area contributed by atoms with Gasteiger partial charge in [0.1, 0.15) is 5.38 Å². The molecule has 15 heavy (non-hydrogen) atoms. The molecule has 0 fully saturated rings. The number of Topliss-reactive ketones (excluding diaryl/α,β-unsaturated/α-hetero) is 1. The van der Waals surface area contributed by atoms with Gasteiger partial charge >= 0.3 is 5.97 Å². The number of alkyl halides is 1. The molecule has 0 saturated heterocycles. The summed E-state index contributed by atoms with van der Waals surface area (Å²) in [6, 6.07) is 4.76. The van der Waals surface area contributed by atoms with Crippen molar-refractivity contribution in [1.29, 1.82) is 0 Å². The van der Waals surface area contributed by atoms with Gasteiger partial charge < -0.3 is 5.11 Å². The fraction of sp³-hybridized carbons (Fsp3) is 0.273. The minimum atomic E-state index is -1.01. The Kier molecular flexibility index (Phi) is 3.48. The number of aryl methyl sites for hydroxylation is 1. The number of hydrogen-bond donors (Lipinski definition) is 1. The fourth-order valence-corrected chi connectivity index (χ4v) is 1.40. The van der Waals surface area contributed by atoms with E-state index >= 15 is 0 Å². The van der Waals surface area contributed by atoms with E-state index in [-0.39, 0.29) is 11.3 Å². The second kappa shape index (κ2) is 4.45. The molecule has 1 N–H and O–H groups in total.